The molecule has 2 rings (SSSR count). The highest BCUT2D eigenvalue weighted by atomic mass is 19.3. The summed E-state index contributed by atoms with van der Waals surface area (Å²) >= 11 is 0. The first-order valence-corrected chi connectivity index (χ1v) is 7.76. The first-order chi connectivity index (χ1) is 11.0. The second-order valence-corrected chi connectivity index (χ2v) is 5.69. The van der Waals surface area contributed by atoms with Crippen LogP contribution in [-0.4, -0.2) is 49.6 Å². The van der Waals surface area contributed by atoms with Crippen molar-refractivity contribution in [2.45, 2.75) is 38.5 Å². The summed E-state index contributed by atoms with van der Waals surface area (Å²) < 4.78 is 28.5. The van der Waals surface area contributed by atoms with Crippen LogP contribution in [0.5, 0.6) is 5.75 Å². The van der Waals surface area contributed by atoms with Crippen LogP contribution in [0, 0.1) is 0 Å². The summed E-state index contributed by atoms with van der Waals surface area (Å²) in [5, 5.41) is 6.06. The van der Waals surface area contributed by atoms with Crippen LogP contribution in [0.15, 0.2) is 24.3 Å². The number of nitrogens with zero attached hydrogens (tertiary/aromatic N) is 1. The first kappa shape index (κ1) is 17.6. The van der Waals surface area contributed by atoms with Gasteiger partial charge in [0.25, 0.3) is 0 Å². The lowest BCUT2D eigenvalue weighted by Crippen LogP contribution is -2.51. The third-order valence-corrected chi connectivity index (χ3v) is 4.14. The Morgan fingerprint density at radius 2 is 2.04 bits per heavy atom. The van der Waals surface area contributed by atoms with Crippen molar-refractivity contribution < 1.29 is 18.3 Å². The van der Waals surface area contributed by atoms with Gasteiger partial charge in [0.05, 0.1) is 6.04 Å². The predicted octanol–water partition coefficient (Wildman–Crippen LogP) is 2.30. The lowest BCUT2D eigenvalue weighted by molar-refractivity contribution is -0.121. The molecule has 0 bridgehead atoms. The molecule has 5 nitrogen and oxygen atoms in total. The van der Waals surface area contributed by atoms with Gasteiger partial charge in [-0.05, 0) is 57.6 Å². The van der Waals surface area contributed by atoms with Crippen LogP contribution >= 0.6 is 0 Å². The average Bonchev–Trinajstić information content (AvgIpc) is 2.55. The number of anilines is 1. The van der Waals surface area contributed by atoms with Gasteiger partial charge in [0.15, 0.2) is 0 Å². The molecule has 1 saturated heterocycles. The van der Waals surface area contributed by atoms with E-state index in [1.165, 1.54) is 12.1 Å². The summed E-state index contributed by atoms with van der Waals surface area (Å²) in [6.07, 6.45) is 2.18. The maximum absolute atomic E-state index is 12.3. The second kappa shape index (κ2) is 8.21. The number of hydrogen-bond acceptors (Lipinski definition) is 4. The van der Waals surface area contributed by atoms with E-state index in [0.29, 0.717) is 11.7 Å². The smallest absolute Gasteiger partial charge is 0.387 e. The van der Waals surface area contributed by atoms with Gasteiger partial charge in [-0.2, -0.15) is 8.78 Å². The summed E-state index contributed by atoms with van der Waals surface area (Å²) in [7, 11) is 1.93. The number of hydrogen-bond donors (Lipinski definition) is 2. The Morgan fingerprint density at radius 3 is 2.65 bits per heavy atom. The second-order valence-electron chi connectivity index (χ2n) is 5.69. The van der Waals surface area contributed by atoms with Crippen LogP contribution in [0.2, 0.25) is 0 Å². The zero-order valence-electron chi connectivity index (χ0n) is 13.4. The van der Waals surface area contributed by atoms with Crippen molar-refractivity contribution in [1.82, 2.24) is 10.2 Å². The zero-order chi connectivity index (χ0) is 16.8. The van der Waals surface area contributed by atoms with Gasteiger partial charge in [0, 0.05) is 18.3 Å². The average molecular weight is 327 g/mol. The monoisotopic (exact) mass is 327 g/mol. The molecule has 1 amide bonds. The molecule has 1 aromatic carbocycles. The molecule has 1 heterocycles. The molecule has 1 fully saturated rings. The number of carbonyl (C=O) groups excluding carboxylic acids is 1. The van der Waals surface area contributed by atoms with Crippen molar-refractivity contribution in [1.29, 1.82) is 0 Å². The minimum absolute atomic E-state index is 0.0685. The van der Waals surface area contributed by atoms with E-state index >= 15 is 0 Å². The topological polar surface area (TPSA) is 53.6 Å². The minimum atomic E-state index is -2.85. The Morgan fingerprint density at radius 1 is 1.35 bits per heavy atom. The summed E-state index contributed by atoms with van der Waals surface area (Å²) in [5.74, 6) is -0.0387. The van der Waals surface area contributed by atoms with Crippen molar-refractivity contribution >= 4 is 11.6 Å². The zero-order valence-corrected chi connectivity index (χ0v) is 13.4. The van der Waals surface area contributed by atoms with E-state index in [1.54, 1.807) is 12.1 Å². The molecule has 0 aliphatic carbocycles. The number of likely N-dealkylation sites (N-methyl/N-ethyl adjacent to an activating group) is 1. The van der Waals surface area contributed by atoms with Crippen LogP contribution in [0.25, 0.3) is 0 Å². The van der Waals surface area contributed by atoms with Crippen molar-refractivity contribution in [3.8, 4) is 5.75 Å². The van der Waals surface area contributed by atoms with Gasteiger partial charge in [-0.25, -0.2) is 0 Å². The molecule has 2 unspecified atom stereocenters. The van der Waals surface area contributed by atoms with Gasteiger partial charge in [-0.3, -0.25) is 9.69 Å². The van der Waals surface area contributed by atoms with Crippen LogP contribution in [0.1, 0.15) is 19.8 Å². The van der Waals surface area contributed by atoms with Crippen LogP contribution in [0.3, 0.4) is 0 Å². The number of halogens is 2. The highest BCUT2D eigenvalue weighted by Gasteiger charge is 2.26. The lowest BCUT2D eigenvalue weighted by Gasteiger charge is -2.35. The van der Waals surface area contributed by atoms with E-state index in [1.807, 2.05) is 14.0 Å². The van der Waals surface area contributed by atoms with Crippen LogP contribution < -0.4 is 15.4 Å². The summed E-state index contributed by atoms with van der Waals surface area (Å²) in [6, 6.07) is 6.08. The molecule has 1 aliphatic rings. The molecule has 23 heavy (non-hydrogen) atoms. The lowest BCUT2D eigenvalue weighted by atomic mass is 10.0. The van der Waals surface area contributed by atoms with Crippen molar-refractivity contribution in [3.63, 3.8) is 0 Å². The number of piperidine rings is 1. The fraction of sp³-hybridized carbons (Fsp3) is 0.562. The molecular formula is C16H23F2N3O2. The molecule has 0 aromatic heterocycles. The van der Waals surface area contributed by atoms with Crippen molar-refractivity contribution in [2.24, 2.45) is 0 Å². The summed E-state index contributed by atoms with van der Waals surface area (Å²) in [6.45, 7) is 0.761. The van der Waals surface area contributed by atoms with Gasteiger partial charge < -0.3 is 15.4 Å². The summed E-state index contributed by atoms with van der Waals surface area (Å²) in [5.41, 5.74) is 0.561. The van der Waals surface area contributed by atoms with Crippen LogP contribution in [-0.2, 0) is 4.79 Å². The number of benzene rings is 1. The standard InChI is InChI=1S/C16H23F2N3O2/c1-11(21-9-3-4-13(10-21)19-2)15(22)20-12-5-7-14(8-6-12)23-16(17)18/h5-8,11,13,16,19H,3-4,9-10H2,1-2H3,(H,20,22). The minimum Gasteiger partial charge on any atom is -0.435 e. The third-order valence-electron chi connectivity index (χ3n) is 4.14. The Labute approximate surface area is 135 Å². The van der Waals surface area contributed by atoms with Gasteiger partial charge in [0.1, 0.15) is 5.75 Å². The van der Waals surface area contributed by atoms with E-state index < -0.39 is 6.61 Å². The van der Waals surface area contributed by atoms with Gasteiger partial charge >= 0.3 is 6.61 Å². The van der Waals surface area contributed by atoms with Crippen molar-refractivity contribution in [3.05, 3.63) is 24.3 Å². The Hall–Kier alpha value is -1.73. The van der Waals surface area contributed by atoms with Gasteiger partial charge in [-0.1, -0.05) is 0 Å². The first-order valence-electron chi connectivity index (χ1n) is 7.76. The maximum Gasteiger partial charge on any atom is 0.387 e. The number of nitrogens with one attached hydrogen (secondary N) is 2. The molecule has 0 saturated carbocycles. The number of likely N-dealkylation sites (tertiary alicyclic amines) is 1. The van der Waals surface area contributed by atoms with E-state index in [0.717, 1.165) is 25.9 Å². The Kier molecular flexibility index (Phi) is 6.29. The fourth-order valence-corrected chi connectivity index (χ4v) is 2.73. The van der Waals surface area contributed by atoms with Gasteiger partial charge in [-0.15, -0.1) is 0 Å². The third kappa shape index (κ3) is 5.14. The Bertz CT molecular complexity index is 511. The number of carbonyl (C=O) groups is 1. The molecule has 128 valence electrons. The van der Waals surface area contributed by atoms with Crippen molar-refractivity contribution in [2.75, 3.05) is 25.5 Å². The fourth-order valence-electron chi connectivity index (χ4n) is 2.73. The normalized spacial score (nSPS) is 20.3. The number of ether oxygens (including phenoxy) is 1. The molecule has 1 aromatic rings. The van der Waals surface area contributed by atoms with Gasteiger partial charge in [0.2, 0.25) is 5.91 Å². The largest absolute Gasteiger partial charge is 0.435 e. The molecule has 7 heteroatoms. The van der Waals surface area contributed by atoms with E-state index in [9.17, 15) is 13.6 Å². The van der Waals surface area contributed by atoms with E-state index in [4.69, 9.17) is 0 Å². The molecular weight excluding hydrogens is 304 g/mol. The maximum atomic E-state index is 12.3. The molecule has 2 N–H and O–H groups in total. The highest BCUT2D eigenvalue weighted by Crippen LogP contribution is 2.19. The Balaban J connectivity index is 1.90. The molecule has 0 radical (unpaired) electrons. The molecule has 0 spiro atoms. The number of alkyl halides is 2. The SMILES string of the molecule is CNC1CCCN(C(C)C(=O)Nc2ccc(OC(F)F)cc2)C1. The number of rotatable bonds is 6. The predicted molar refractivity (Wildman–Crippen MR) is 84.8 cm³/mol. The van der Waals surface area contributed by atoms with E-state index in [2.05, 4.69) is 20.3 Å². The van der Waals surface area contributed by atoms with Crippen LogP contribution in [0.4, 0.5) is 14.5 Å². The number of amides is 1. The molecule has 2 atom stereocenters. The summed E-state index contributed by atoms with van der Waals surface area (Å²) in [4.78, 5) is 14.5. The quantitative estimate of drug-likeness (QED) is 0.842. The van der Waals surface area contributed by atoms with E-state index in [-0.39, 0.29) is 17.7 Å². The molecule has 1 aliphatic heterocycles. The highest BCUT2D eigenvalue weighted by molar-refractivity contribution is 5.94.